The van der Waals surface area contributed by atoms with E-state index in [-0.39, 0.29) is 17.3 Å². The third-order valence-corrected chi connectivity index (χ3v) is 3.68. The fourth-order valence-corrected chi connectivity index (χ4v) is 2.75. The van der Waals surface area contributed by atoms with E-state index in [1.54, 1.807) is 37.3 Å². The molecule has 2 aromatic rings. The number of anilines is 1. The van der Waals surface area contributed by atoms with Gasteiger partial charge >= 0.3 is 0 Å². The molecule has 1 heterocycles. The first-order valence-electron chi connectivity index (χ1n) is 5.67. The lowest BCUT2D eigenvalue weighted by molar-refractivity contribution is 0.475. The fourth-order valence-electron chi connectivity index (χ4n) is 1.60. The highest BCUT2D eigenvalue weighted by Gasteiger charge is 2.14. The summed E-state index contributed by atoms with van der Waals surface area (Å²) in [4.78, 5) is 3.96. The van der Waals surface area contributed by atoms with Gasteiger partial charge in [0.25, 0.3) is 0 Å². The molecule has 19 heavy (non-hydrogen) atoms. The van der Waals surface area contributed by atoms with Gasteiger partial charge in [-0.15, -0.1) is 0 Å². The Labute approximate surface area is 112 Å². The molecule has 0 unspecified atom stereocenters. The van der Waals surface area contributed by atoms with Crippen LogP contribution in [0, 0.1) is 6.92 Å². The number of nitrogens with zero attached hydrogens (tertiary/aromatic N) is 1. The van der Waals surface area contributed by atoms with Crippen LogP contribution >= 0.6 is 0 Å². The first kappa shape index (κ1) is 13.4. The third-order valence-electron chi connectivity index (χ3n) is 2.46. The Kier molecular flexibility index (Phi) is 3.71. The van der Waals surface area contributed by atoms with Gasteiger partial charge in [0, 0.05) is 5.69 Å². The molecule has 1 aromatic heterocycles. The minimum atomic E-state index is -3.60. The van der Waals surface area contributed by atoms with Crippen LogP contribution in [0.2, 0.25) is 0 Å². The van der Waals surface area contributed by atoms with Crippen molar-refractivity contribution >= 4 is 15.8 Å². The molecular formula is C13H14N2O3S. The molecule has 0 atom stereocenters. The molecule has 100 valence electrons. The number of hydrogen-bond donors (Lipinski definition) is 2. The lowest BCUT2D eigenvalue weighted by Gasteiger charge is -2.09. The van der Waals surface area contributed by atoms with Crippen molar-refractivity contribution in [3.63, 3.8) is 0 Å². The average Bonchev–Trinajstić information content (AvgIpc) is 2.34. The van der Waals surface area contributed by atoms with Crippen molar-refractivity contribution in [2.24, 2.45) is 0 Å². The van der Waals surface area contributed by atoms with Gasteiger partial charge in [-0.25, -0.2) is 13.4 Å². The molecule has 6 heteroatoms. The smallest absolute Gasteiger partial charge is 0.238 e. The van der Waals surface area contributed by atoms with Gasteiger partial charge in [0.15, 0.2) is 11.6 Å². The van der Waals surface area contributed by atoms with Gasteiger partial charge in [-0.3, -0.25) is 4.72 Å². The Morgan fingerprint density at radius 2 is 1.84 bits per heavy atom. The monoisotopic (exact) mass is 278 g/mol. The van der Waals surface area contributed by atoms with Gasteiger partial charge in [-0.05, 0) is 24.6 Å². The summed E-state index contributed by atoms with van der Waals surface area (Å²) in [6.07, 6.45) is 0. The van der Waals surface area contributed by atoms with Gasteiger partial charge in [0.1, 0.15) is 0 Å². The Morgan fingerprint density at radius 1 is 1.16 bits per heavy atom. The molecule has 0 aliphatic rings. The number of nitrogens with one attached hydrogen (secondary N) is 1. The van der Waals surface area contributed by atoms with E-state index in [4.69, 9.17) is 0 Å². The van der Waals surface area contributed by atoms with Crippen molar-refractivity contribution in [2.75, 3.05) is 4.72 Å². The molecule has 0 amide bonds. The highest BCUT2D eigenvalue weighted by molar-refractivity contribution is 7.91. The maximum Gasteiger partial charge on any atom is 0.238 e. The molecule has 0 radical (unpaired) electrons. The quantitative estimate of drug-likeness (QED) is 0.897. The first-order valence-corrected chi connectivity index (χ1v) is 7.32. The Morgan fingerprint density at radius 3 is 2.53 bits per heavy atom. The van der Waals surface area contributed by atoms with E-state index in [9.17, 15) is 13.5 Å². The third kappa shape index (κ3) is 3.69. The van der Waals surface area contributed by atoms with Gasteiger partial charge in [-0.2, -0.15) is 0 Å². The second-order valence-corrected chi connectivity index (χ2v) is 5.89. The molecule has 1 aromatic carbocycles. The Hall–Kier alpha value is -2.08. The first-order chi connectivity index (χ1) is 8.96. The zero-order valence-corrected chi connectivity index (χ0v) is 11.2. The summed E-state index contributed by atoms with van der Waals surface area (Å²) in [5.41, 5.74) is 1.29. The second kappa shape index (κ2) is 5.27. The largest absolute Gasteiger partial charge is 0.504 e. The summed E-state index contributed by atoms with van der Waals surface area (Å²) >= 11 is 0. The maximum absolute atomic E-state index is 12.0. The van der Waals surface area contributed by atoms with Crippen LogP contribution in [-0.4, -0.2) is 18.5 Å². The van der Waals surface area contributed by atoms with Crippen molar-refractivity contribution in [1.82, 2.24) is 4.98 Å². The summed E-state index contributed by atoms with van der Waals surface area (Å²) in [5, 5.41) is 9.57. The van der Waals surface area contributed by atoms with E-state index in [0.717, 1.165) is 0 Å². The van der Waals surface area contributed by atoms with Gasteiger partial charge < -0.3 is 5.11 Å². The Balaban J connectivity index is 2.20. The zero-order chi connectivity index (χ0) is 13.9. The standard InChI is InChI=1S/C13H14N2O3S/c1-10-7-8-12(16)13(14-10)15-19(17,18)9-11-5-3-2-4-6-11/h2-8,16H,9H2,1H3,(H,14,15). The number of benzene rings is 1. The van der Waals surface area contributed by atoms with Crippen molar-refractivity contribution in [3.05, 3.63) is 53.7 Å². The molecule has 0 fully saturated rings. The molecule has 2 rings (SSSR count). The summed E-state index contributed by atoms with van der Waals surface area (Å²) in [6, 6.07) is 11.8. The predicted octanol–water partition coefficient (Wildman–Crippen LogP) is 2.04. The number of sulfonamides is 1. The van der Waals surface area contributed by atoms with Crippen LogP contribution in [0.25, 0.3) is 0 Å². The minimum absolute atomic E-state index is 0.0454. The SMILES string of the molecule is Cc1ccc(O)c(NS(=O)(=O)Cc2ccccc2)n1. The van der Waals surface area contributed by atoms with E-state index >= 15 is 0 Å². The fraction of sp³-hybridized carbons (Fsp3) is 0.154. The van der Waals surface area contributed by atoms with Crippen LogP contribution in [0.4, 0.5) is 5.82 Å². The van der Waals surface area contributed by atoms with Crippen LogP contribution < -0.4 is 4.72 Å². The lowest BCUT2D eigenvalue weighted by atomic mass is 10.2. The lowest BCUT2D eigenvalue weighted by Crippen LogP contribution is -2.16. The van der Waals surface area contributed by atoms with Crippen molar-refractivity contribution < 1.29 is 13.5 Å². The second-order valence-electron chi connectivity index (χ2n) is 4.17. The van der Waals surface area contributed by atoms with Crippen LogP contribution in [-0.2, 0) is 15.8 Å². The number of aromatic hydroxyl groups is 1. The molecule has 0 aliphatic heterocycles. The molecule has 5 nitrogen and oxygen atoms in total. The van der Waals surface area contributed by atoms with E-state index in [0.29, 0.717) is 11.3 Å². The normalized spacial score (nSPS) is 11.2. The Bertz CT molecular complexity index is 670. The van der Waals surface area contributed by atoms with E-state index in [1.165, 1.54) is 6.07 Å². The van der Waals surface area contributed by atoms with Crippen LogP contribution in [0.15, 0.2) is 42.5 Å². The van der Waals surface area contributed by atoms with Crippen LogP contribution in [0.1, 0.15) is 11.3 Å². The number of aryl methyl sites for hydroxylation is 1. The molecule has 0 bridgehead atoms. The van der Waals surface area contributed by atoms with Crippen molar-refractivity contribution in [1.29, 1.82) is 0 Å². The van der Waals surface area contributed by atoms with Gasteiger partial charge in [-0.1, -0.05) is 30.3 Å². The summed E-state index contributed by atoms with van der Waals surface area (Å²) < 4.78 is 26.2. The highest BCUT2D eigenvalue weighted by atomic mass is 32.2. The zero-order valence-electron chi connectivity index (χ0n) is 10.4. The van der Waals surface area contributed by atoms with Crippen LogP contribution in [0.3, 0.4) is 0 Å². The number of aromatic nitrogens is 1. The number of rotatable bonds is 4. The molecule has 0 aliphatic carbocycles. The van der Waals surface area contributed by atoms with Crippen molar-refractivity contribution in [3.8, 4) is 5.75 Å². The summed E-state index contributed by atoms with van der Waals surface area (Å²) in [7, 11) is -3.60. The van der Waals surface area contributed by atoms with E-state index in [1.807, 2.05) is 6.07 Å². The average molecular weight is 278 g/mol. The summed E-state index contributed by atoms with van der Waals surface area (Å²) in [6.45, 7) is 1.72. The van der Waals surface area contributed by atoms with Gasteiger partial charge in [0.05, 0.1) is 5.75 Å². The summed E-state index contributed by atoms with van der Waals surface area (Å²) in [5.74, 6) is -0.402. The number of pyridine rings is 1. The number of hydrogen-bond acceptors (Lipinski definition) is 4. The van der Waals surface area contributed by atoms with Gasteiger partial charge in [0.2, 0.25) is 10.0 Å². The molecule has 2 N–H and O–H groups in total. The van der Waals surface area contributed by atoms with Crippen molar-refractivity contribution in [2.45, 2.75) is 12.7 Å². The molecule has 0 saturated heterocycles. The molecule has 0 spiro atoms. The van der Waals surface area contributed by atoms with E-state index < -0.39 is 10.0 Å². The minimum Gasteiger partial charge on any atom is -0.504 e. The van der Waals surface area contributed by atoms with E-state index in [2.05, 4.69) is 9.71 Å². The van der Waals surface area contributed by atoms with Crippen LogP contribution in [0.5, 0.6) is 5.75 Å². The highest BCUT2D eigenvalue weighted by Crippen LogP contribution is 2.22. The topological polar surface area (TPSA) is 79.3 Å². The molecule has 0 saturated carbocycles. The maximum atomic E-state index is 12.0. The molecular weight excluding hydrogens is 264 g/mol. The predicted molar refractivity (Wildman–Crippen MR) is 73.3 cm³/mol.